The summed E-state index contributed by atoms with van der Waals surface area (Å²) in [5, 5.41) is 0.319. The molecule has 0 spiro atoms. The second-order valence-electron chi connectivity index (χ2n) is 3.12. The molecule has 0 atom stereocenters. The molecule has 0 aliphatic heterocycles. The number of rotatable bonds is 3. The molecule has 0 fully saturated rings. The van der Waals surface area contributed by atoms with Crippen LogP contribution in [0.5, 0.6) is 0 Å². The maximum Gasteiger partial charge on any atom is 0.179 e. The lowest BCUT2D eigenvalue weighted by Crippen LogP contribution is -2.07. The van der Waals surface area contributed by atoms with Gasteiger partial charge in [0, 0.05) is 0 Å². The second kappa shape index (κ2) is 4.60. The molecule has 15 heavy (non-hydrogen) atoms. The van der Waals surface area contributed by atoms with E-state index in [4.69, 9.17) is 28.9 Å². The molecular formula is C9H11Cl2NO2S. The minimum atomic E-state index is -3.35. The van der Waals surface area contributed by atoms with Crippen molar-refractivity contribution in [1.82, 2.24) is 0 Å². The van der Waals surface area contributed by atoms with Gasteiger partial charge in [-0.1, -0.05) is 30.1 Å². The van der Waals surface area contributed by atoms with Gasteiger partial charge in [0.15, 0.2) is 9.84 Å². The van der Waals surface area contributed by atoms with Crippen molar-refractivity contribution >= 4 is 38.7 Å². The first-order valence-electron chi connectivity index (χ1n) is 4.35. The van der Waals surface area contributed by atoms with E-state index in [1.54, 1.807) is 6.92 Å². The maximum absolute atomic E-state index is 11.7. The number of nitrogen functional groups attached to an aromatic ring is 1. The van der Waals surface area contributed by atoms with Gasteiger partial charge >= 0.3 is 0 Å². The summed E-state index contributed by atoms with van der Waals surface area (Å²) < 4.78 is 23.5. The third-order valence-electron chi connectivity index (χ3n) is 1.86. The van der Waals surface area contributed by atoms with Crippen LogP contribution < -0.4 is 5.73 Å². The highest BCUT2D eigenvalue weighted by atomic mass is 35.5. The quantitative estimate of drug-likeness (QED) is 0.857. The van der Waals surface area contributed by atoms with Gasteiger partial charge in [0.1, 0.15) is 0 Å². The summed E-state index contributed by atoms with van der Waals surface area (Å²) in [6.07, 6.45) is 0.528. The van der Waals surface area contributed by atoms with E-state index in [1.807, 2.05) is 0 Å². The van der Waals surface area contributed by atoms with Crippen LogP contribution in [0.3, 0.4) is 0 Å². The fraction of sp³-hybridized carbons (Fsp3) is 0.333. The minimum Gasteiger partial charge on any atom is -0.397 e. The number of sulfone groups is 1. The lowest BCUT2D eigenvalue weighted by atomic mass is 10.3. The predicted octanol–water partition coefficient (Wildman–Crippen LogP) is 2.76. The van der Waals surface area contributed by atoms with Crippen LogP contribution in [0.15, 0.2) is 17.0 Å². The van der Waals surface area contributed by atoms with Crippen molar-refractivity contribution in [1.29, 1.82) is 0 Å². The molecule has 0 bridgehead atoms. The van der Waals surface area contributed by atoms with Crippen LogP contribution in [-0.4, -0.2) is 14.2 Å². The Kier molecular flexibility index (Phi) is 3.87. The third-order valence-corrected chi connectivity index (χ3v) is 4.56. The van der Waals surface area contributed by atoms with Gasteiger partial charge in [-0.15, -0.1) is 0 Å². The predicted molar refractivity (Wildman–Crippen MR) is 63.2 cm³/mol. The molecule has 1 aromatic carbocycles. The molecule has 0 saturated carbocycles. The van der Waals surface area contributed by atoms with Crippen LogP contribution in [0.1, 0.15) is 13.3 Å². The number of nitrogens with two attached hydrogens (primary N) is 1. The Balaban J connectivity index is 3.33. The van der Waals surface area contributed by atoms with E-state index < -0.39 is 9.84 Å². The smallest absolute Gasteiger partial charge is 0.179 e. The summed E-state index contributed by atoms with van der Waals surface area (Å²) in [4.78, 5) is 0.0465. The maximum atomic E-state index is 11.7. The average molecular weight is 268 g/mol. The zero-order valence-electron chi connectivity index (χ0n) is 8.13. The molecule has 0 aromatic heterocycles. The lowest BCUT2D eigenvalue weighted by molar-refractivity contribution is 0.595. The molecule has 0 radical (unpaired) electrons. The van der Waals surface area contributed by atoms with E-state index >= 15 is 0 Å². The van der Waals surface area contributed by atoms with Gasteiger partial charge in [-0.25, -0.2) is 8.42 Å². The SMILES string of the molecule is CCCS(=O)(=O)c1cc(Cl)c(N)cc1Cl. The number of benzene rings is 1. The molecule has 3 nitrogen and oxygen atoms in total. The van der Waals surface area contributed by atoms with Crippen LogP contribution in [0.25, 0.3) is 0 Å². The van der Waals surface area contributed by atoms with Crippen molar-refractivity contribution in [2.24, 2.45) is 0 Å². The monoisotopic (exact) mass is 267 g/mol. The zero-order valence-corrected chi connectivity index (χ0v) is 10.5. The van der Waals surface area contributed by atoms with Gasteiger partial charge in [-0.3, -0.25) is 0 Å². The number of anilines is 1. The summed E-state index contributed by atoms with van der Waals surface area (Å²) in [5.74, 6) is 0.0486. The summed E-state index contributed by atoms with van der Waals surface area (Å²) >= 11 is 11.5. The van der Waals surface area contributed by atoms with Crippen LogP contribution in [0.2, 0.25) is 10.0 Å². The fourth-order valence-corrected chi connectivity index (χ4v) is 3.32. The highest BCUT2D eigenvalue weighted by molar-refractivity contribution is 7.91. The molecule has 6 heteroatoms. The summed E-state index contributed by atoms with van der Waals surface area (Å²) in [5.41, 5.74) is 5.77. The summed E-state index contributed by atoms with van der Waals surface area (Å²) in [6, 6.07) is 2.65. The van der Waals surface area contributed by atoms with Crippen molar-refractivity contribution < 1.29 is 8.42 Å². The van der Waals surface area contributed by atoms with Crippen molar-refractivity contribution in [2.45, 2.75) is 18.2 Å². The van der Waals surface area contributed by atoms with Crippen molar-refractivity contribution in [2.75, 3.05) is 11.5 Å². The molecule has 0 unspecified atom stereocenters. The number of hydrogen-bond acceptors (Lipinski definition) is 3. The van der Waals surface area contributed by atoms with Crippen LogP contribution in [-0.2, 0) is 9.84 Å². The standard InChI is InChI=1S/C9H11Cl2NO2S/c1-2-3-15(13,14)9-5-6(10)8(12)4-7(9)11/h4-5H,2-3,12H2,1H3. The Hall–Kier alpha value is -0.450. The van der Waals surface area contributed by atoms with Crippen LogP contribution >= 0.6 is 23.2 Å². The molecule has 0 heterocycles. The molecule has 84 valence electrons. The van der Waals surface area contributed by atoms with Crippen molar-refractivity contribution in [3.05, 3.63) is 22.2 Å². The molecule has 0 saturated heterocycles. The van der Waals surface area contributed by atoms with E-state index in [1.165, 1.54) is 12.1 Å². The van der Waals surface area contributed by atoms with Gasteiger partial charge in [0.25, 0.3) is 0 Å². The first kappa shape index (κ1) is 12.6. The Morgan fingerprint density at radius 2 is 1.87 bits per heavy atom. The summed E-state index contributed by atoms with van der Waals surface area (Å²) in [7, 11) is -3.35. The van der Waals surface area contributed by atoms with E-state index in [0.29, 0.717) is 6.42 Å². The van der Waals surface area contributed by atoms with Crippen LogP contribution in [0.4, 0.5) is 5.69 Å². The molecule has 0 aliphatic rings. The van der Waals surface area contributed by atoms with Gasteiger partial charge in [-0.2, -0.15) is 0 Å². The van der Waals surface area contributed by atoms with Crippen LogP contribution in [0, 0.1) is 0 Å². The Labute approximate surface area is 99.1 Å². The van der Waals surface area contributed by atoms with Gasteiger partial charge < -0.3 is 5.73 Å². The van der Waals surface area contributed by atoms with Gasteiger partial charge in [-0.05, 0) is 18.6 Å². The Morgan fingerprint density at radius 3 is 2.40 bits per heavy atom. The van der Waals surface area contributed by atoms with E-state index in [-0.39, 0.29) is 26.4 Å². The molecule has 1 rings (SSSR count). The number of halogens is 2. The molecule has 2 N–H and O–H groups in total. The average Bonchev–Trinajstić information content (AvgIpc) is 2.11. The topological polar surface area (TPSA) is 60.2 Å². The molecule has 0 aliphatic carbocycles. The zero-order chi connectivity index (χ0) is 11.6. The molecule has 0 amide bonds. The second-order valence-corrected chi connectivity index (χ2v) is 6.01. The Morgan fingerprint density at radius 1 is 1.27 bits per heavy atom. The minimum absolute atomic E-state index is 0.0465. The first-order chi connectivity index (χ1) is 6.88. The highest BCUT2D eigenvalue weighted by Crippen LogP contribution is 2.30. The van der Waals surface area contributed by atoms with E-state index in [9.17, 15) is 8.42 Å². The lowest BCUT2D eigenvalue weighted by Gasteiger charge is -2.07. The van der Waals surface area contributed by atoms with E-state index in [2.05, 4.69) is 0 Å². The highest BCUT2D eigenvalue weighted by Gasteiger charge is 2.18. The van der Waals surface area contributed by atoms with Crippen molar-refractivity contribution in [3.63, 3.8) is 0 Å². The fourth-order valence-electron chi connectivity index (χ4n) is 1.16. The number of hydrogen-bond donors (Lipinski definition) is 1. The molecular weight excluding hydrogens is 257 g/mol. The normalized spacial score (nSPS) is 11.7. The van der Waals surface area contributed by atoms with Gasteiger partial charge in [0.05, 0.1) is 26.4 Å². The van der Waals surface area contributed by atoms with Crippen molar-refractivity contribution in [3.8, 4) is 0 Å². The molecule has 1 aromatic rings. The van der Waals surface area contributed by atoms with E-state index in [0.717, 1.165) is 0 Å². The summed E-state index contributed by atoms with van der Waals surface area (Å²) in [6.45, 7) is 1.78. The van der Waals surface area contributed by atoms with Gasteiger partial charge in [0.2, 0.25) is 0 Å². The Bertz CT molecular complexity index is 471. The first-order valence-corrected chi connectivity index (χ1v) is 6.76. The third kappa shape index (κ3) is 2.77. The largest absolute Gasteiger partial charge is 0.397 e.